The SMILES string of the molecule is CCC(CC)CNCc1cccnc1Cl. The largest absolute Gasteiger partial charge is 0.312 e. The summed E-state index contributed by atoms with van der Waals surface area (Å²) in [4.78, 5) is 4.04. The van der Waals surface area contributed by atoms with Gasteiger partial charge in [0.1, 0.15) is 5.15 Å². The van der Waals surface area contributed by atoms with Gasteiger partial charge in [-0.3, -0.25) is 0 Å². The normalized spacial score (nSPS) is 10.9. The molecule has 1 N–H and O–H groups in total. The minimum Gasteiger partial charge on any atom is -0.312 e. The van der Waals surface area contributed by atoms with Gasteiger partial charge in [0.05, 0.1) is 0 Å². The Balaban J connectivity index is 2.34. The minimum atomic E-state index is 0.606. The predicted octanol–water partition coefficient (Wildman–Crippen LogP) is 3.26. The van der Waals surface area contributed by atoms with Crippen molar-refractivity contribution >= 4 is 11.6 Å². The van der Waals surface area contributed by atoms with E-state index < -0.39 is 0 Å². The summed E-state index contributed by atoms with van der Waals surface area (Å²) in [6, 6.07) is 3.93. The van der Waals surface area contributed by atoms with Gasteiger partial charge in [-0.1, -0.05) is 44.4 Å². The third kappa shape index (κ3) is 4.18. The van der Waals surface area contributed by atoms with E-state index >= 15 is 0 Å². The summed E-state index contributed by atoms with van der Waals surface area (Å²) in [5.74, 6) is 0.764. The zero-order valence-corrected chi connectivity index (χ0v) is 10.2. The highest BCUT2D eigenvalue weighted by Gasteiger charge is 2.03. The van der Waals surface area contributed by atoms with Gasteiger partial charge in [0.15, 0.2) is 0 Å². The lowest BCUT2D eigenvalue weighted by Crippen LogP contribution is -2.21. The van der Waals surface area contributed by atoms with E-state index in [1.165, 1.54) is 12.8 Å². The van der Waals surface area contributed by atoms with Gasteiger partial charge in [-0.2, -0.15) is 0 Å². The zero-order chi connectivity index (χ0) is 11.1. The van der Waals surface area contributed by atoms with Gasteiger partial charge in [0.25, 0.3) is 0 Å². The van der Waals surface area contributed by atoms with Gasteiger partial charge in [-0.15, -0.1) is 0 Å². The van der Waals surface area contributed by atoms with Crippen LogP contribution in [0, 0.1) is 5.92 Å². The Morgan fingerprint density at radius 1 is 1.40 bits per heavy atom. The molecule has 1 heterocycles. The molecule has 0 aliphatic rings. The average molecular weight is 227 g/mol. The molecule has 0 unspecified atom stereocenters. The molecule has 0 amide bonds. The maximum absolute atomic E-state index is 5.96. The van der Waals surface area contributed by atoms with E-state index in [1.807, 2.05) is 12.1 Å². The second-order valence-corrected chi connectivity index (χ2v) is 4.12. The molecule has 2 nitrogen and oxygen atoms in total. The molecule has 3 heteroatoms. The second kappa shape index (κ2) is 6.81. The standard InChI is InChI=1S/C12H19ClN2/c1-3-10(4-2)8-14-9-11-6-5-7-15-12(11)13/h5-7,10,14H,3-4,8-9H2,1-2H3. The van der Waals surface area contributed by atoms with E-state index in [9.17, 15) is 0 Å². The van der Waals surface area contributed by atoms with Crippen LogP contribution >= 0.6 is 11.6 Å². The molecule has 0 aliphatic carbocycles. The molecule has 0 bridgehead atoms. The molecule has 0 fully saturated rings. The van der Waals surface area contributed by atoms with Crippen molar-refractivity contribution in [3.05, 3.63) is 29.0 Å². The van der Waals surface area contributed by atoms with Crippen LogP contribution in [0.4, 0.5) is 0 Å². The maximum atomic E-state index is 5.96. The van der Waals surface area contributed by atoms with Gasteiger partial charge in [-0.25, -0.2) is 4.98 Å². The monoisotopic (exact) mass is 226 g/mol. The fraction of sp³-hybridized carbons (Fsp3) is 0.583. The lowest BCUT2D eigenvalue weighted by Gasteiger charge is -2.13. The molecule has 0 aromatic carbocycles. The lowest BCUT2D eigenvalue weighted by atomic mass is 10.0. The molecule has 1 aromatic rings. The number of nitrogens with one attached hydrogen (secondary N) is 1. The first-order chi connectivity index (χ1) is 7.27. The molecule has 0 spiro atoms. The van der Waals surface area contributed by atoms with Gasteiger partial charge in [0.2, 0.25) is 0 Å². The highest BCUT2D eigenvalue weighted by molar-refractivity contribution is 6.30. The van der Waals surface area contributed by atoms with Gasteiger partial charge >= 0.3 is 0 Å². The molecule has 0 saturated heterocycles. The quantitative estimate of drug-likeness (QED) is 0.754. The van der Waals surface area contributed by atoms with Crippen LogP contribution in [0.1, 0.15) is 32.3 Å². The minimum absolute atomic E-state index is 0.606. The topological polar surface area (TPSA) is 24.9 Å². The Hall–Kier alpha value is -0.600. The highest BCUT2D eigenvalue weighted by Crippen LogP contribution is 2.11. The molecule has 1 aromatic heterocycles. The lowest BCUT2D eigenvalue weighted by molar-refractivity contribution is 0.449. The number of hydrogen-bond donors (Lipinski definition) is 1. The third-order valence-electron chi connectivity index (χ3n) is 2.74. The van der Waals surface area contributed by atoms with Crippen molar-refractivity contribution in [2.75, 3.05) is 6.54 Å². The Labute approximate surface area is 97.1 Å². The molecule has 0 aliphatic heterocycles. The molecule has 1 rings (SSSR count). The van der Waals surface area contributed by atoms with Crippen molar-refractivity contribution in [1.82, 2.24) is 10.3 Å². The van der Waals surface area contributed by atoms with Crippen LogP contribution in [0.25, 0.3) is 0 Å². The molecule has 84 valence electrons. The molecule has 0 atom stereocenters. The maximum Gasteiger partial charge on any atom is 0.133 e. The summed E-state index contributed by atoms with van der Waals surface area (Å²) in [7, 11) is 0. The summed E-state index contributed by atoms with van der Waals surface area (Å²) in [5, 5.41) is 4.03. The van der Waals surface area contributed by atoms with Crippen molar-refractivity contribution in [2.24, 2.45) is 5.92 Å². The van der Waals surface area contributed by atoms with Crippen molar-refractivity contribution in [1.29, 1.82) is 0 Å². The molecule has 15 heavy (non-hydrogen) atoms. The summed E-state index contributed by atoms with van der Waals surface area (Å²) in [6.45, 7) is 6.32. The Morgan fingerprint density at radius 3 is 2.73 bits per heavy atom. The summed E-state index contributed by atoms with van der Waals surface area (Å²) < 4.78 is 0. The molecule has 0 radical (unpaired) electrons. The van der Waals surface area contributed by atoms with E-state index in [2.05, 4.69) is 24.1 Å². The summed E-state index contributed by atoms with van der Waals surface area (Å²) in [6.07, 6.45) is 4.17. The van der Waals surface area contributed by atoms with Gasteiger partial charge in [-0.05, 0) is 18.5 Å². The summed E-state index contributed by atoms with van der Waals surface area (Å²) >= 11 is 5.96. The van der Waals surface area contributed by atoms with Crippen LogP contribution in [0.2, 0.25) is 5.15 Å². The van der Waals surface area contributed by atoms with Crippen LogP contribution in [-0.2, 0) is 6.54 Å². The van der Waals surface area contributed by atoms with Crippen molar-refractivity contribution in [3.8, 4) is 0 Å². The summed E-state index contributed by atoms with van der Waals surface area (Å²) in [5.41, 5.74) is 1.07. The van der Waals surface area contributed by atoms with Crippen molar-refractivity contribution < 1.29 is 0 Å². The molecule has 0 saturated carbocycles. The zero-order valence-electron chi connectivity index (χ0n) is 9.46. The van der Waals surface area contributed by atoms with E-state index in [0.717, 1.165) is 24.6 Å². The number of hydrogen-bond acceptors (Lipinski definition) is 2. The van der Waals surface area contributed by atoms with E-state index in [4.69, 9.17) is 11.6 Å². The van der Waals surface area contributed by atoms with Gasteiger partial charge in [0, 0.05) is 18.3 Å². The average Bonchev–Trinajstić information content (AvgIpc) is 2.27. The van der Waals surface area contributed by atoms with E-state index in [0.29, 0.717) is 5.15 Å². The Kier molecular flexibility index (Phi) is 5.66. The first-order valence-corrected chi connectivity index (χ1v) is 5.95. The van der Waals surface area contributed by atoms with Crippen LogP contribution in [0.3, 0.4) is 0 Å². The van der Waals surface area contributed by atoms with E-state index in [-0.39, 0.29) is 0 Å². The molecular weight excluding hydrogens is 208 g/mol. The number of halogens is 1. The first kappa shape index (κ1) is 12.5. The highest BCUT2D eigenvalue weighted by atomic mass is 35.5. The number of aromatic nitrogens is 1. The number of rotatable bonds is 6. The first-order valence-electron chi connectivity index (χ1n) is 5.58. The van der Waals surface area contributed by atoms with Crippen molar-refractivity contribution in [3.63, 3.8) is 0 Å². The molecular formula is C12H19ClN2. The number of pyridine rings is 1. The van der Waals surface area contributed by atoms with Crippen molar-refractivity contribution in [2.45, 2.75) is 33.2 Å². The van der Waals surface area contributed by atoms with E-state index in [1.54, 1.807) is 6.20 Å². The third-order valence-corrected chi connectivity index (χ3v) is 3.08. The van der Waals surface area contributed by atoms with Gasteiger partial charge < -0.3 is 5.32 Å². The van der Waals surface area contributed by atoms with Crippen LogP contribution in [0.5, 0.6) is 0 Å². The van der Waals surface area contributed by atoms with Crippen LogP contribution < -0.4 is 5.32 Å². The number of nitrogens with zero attached hydrogens (tertiary/aromatic N) is 1. The van der Waals surface area contributed by atoms with Crippen LogP contribution in [-0.4, -0.2) is 11.5 Å². The Bertz CT molecular complexity index is 285. The van der Waals surface area contributed by atoms with Crippen LogP contribution in [0.15, 0.2) is 18.3 Å². The fourth-order valence-electron chi connectivity index (χ4n) is 1.54. The smallest absolute Gasteiger partial charge is 0.133 e. The predicted molar refractivity (Wildman–Crippen MR) is 65.0 cm³/mol. The fourth-order valence-corrected chi connectivity index (χ4v) is 1.73. The second-order valence-electron chi connectivity index (χ2n) is 3.77. The Morgan fingerprint density at radius 2 is 2.13 bits per heavy atom.